The van der Waals surface area contributed by atoms with Crippen LogP contribution in [0.4, 0.5) is 0 Å². The molecule has 0 aliphatic carbocycles. The monoisotopic (exact) mass is 184 g/mol. The number of piperidine rings is 1. The van der Waals surface area contributed by atoms with E-state index >= 15 is 0 Å². The Kier molecular flexibility index (Phi) is 6.21. The number of unbranched alkanes of at least 4 members (excludes halogenated alkanes) is 3. The lowest BCUT2D eigenvalue weighted by Gasteiger charge is -2.26. The summed E-state index contributed by atoms with van der Waals surface area (Å²) in [6.45, 7) is 3.99. The molecule has 0 unspecified atom stereocenters. The summed E-state index contributed by atoms with van der Waals surface area (Å²) in [4.78, 5) is 2.57. The molecule has 0 amide bonds. The van der Waals surface area contributed by atoms with E-state index in [0.717, 1.165) is 12.8 Å². The fourth-order valence-electron chi connectivity index (χ4n) is 1.97. The van der Waals surface area contributed by atoms with Crippen molar-refractivity contribution in [3.63, 3.8) is 0 Å². The van der Waals surface area contributed by atoms with Crippen molar-refractivity contribution >= 4 is 0 Å². The molecule has 0 aromatic heterocycles. The van der Waals surface area contributed by atoms with E-state index < -0.39 is 0 Å². The predicted octanol–water partition coefficient (Wildman–Crippen LogP) is 2.46. The molecule has 1 fully saturated rings. The van der Waals surface area contributed by atoms with Gasteiger partial charge in [-0.05, 0) is 45.3 Å². The fourth-order valence-corrected chi connectivity index (χ4v) is 1.97. The van der Waals surface area contributed by atoms with Gasteiger partial charge in [-0.1, -0.05) is 19.3 Å². The molecule has 1 heterocycles. The van der Waals surface area contributed by atoms with E-state index in [1.54, 1.807) is 0 Å². The van der Waals surface area contributed by atoms with E-state index in [2.05, 4.69) is 4.90 Å². The number of hydrogen-bond donors (Lipinski definition) is 0. The van der Waals surface area contributed by atoms with E-state index in [1.165, 1.54) is 51.7 Å². The van der Waals surface area contributed by atoms with Gasteiger partial charge in [-0.25, -0.2) is 5.11 Å². The van der Waals surface area contributed by atoms with Crippen LogP contribution < -0.4 is 0 Å². The third kappa shape index (κ3) is 5.27. The normalized spacial score (nSPS) is 19.2. The van der Waals surface area contributed by atoms with Gasteiger partial charge in [0.25, 0.3) is 0 Å². The van der Waals surface area contributed by atoms with Gasteiger partial charge in [-0.2, -0.15) is 0 Å². The Balaban J connectivity index is 1.86. The molecule has 13 heavy (non-hydrogen) atoms. The van der Waals surface area contributed by atoms with Crippen molar-refractivity contribution in [2.24, 2.45) is 0 Å². The maximum absolute atomic E-state index is 10.2. The molecule has 1 radical (unpaired) electrons. The quantitative estimate of drug-likeness (QED) is 0.581. The molecule has 0 aromatic rings. The van der Waals surface area contributed by atoms with Crippen LogP contribution in [-0.2, 0) is 5.11 Å². The zero-order chi connectivity index (χ0) is 9.36. The largest absolute Gasteiger partial charge is 0.303 e. The molecule has 77 valence electrons. The topological polar surface area (TPSA) is 23.1 Å². The minimum atomic E-state index is 0.115. The summed E-state index contributed by atoms with van der Waals surface area (Å²) < 4.78 is 0. The second-order valence-corrected chi connectivity index (χ2v) is 4.02. The Morgan fingerprint density at radius 3 is 2.23 bits per heavy atom. The summed E-state index contributed by atoms with van der Waals surface area (Å²) >= 11 is 0. The Hall–Kier alpha value is -0.0800. The lowest BCUT2D eigenvalue weighted by Crippen LogP contribution is -2.30. The number of likely N-dealkylation sites (tertiary alicyclic amines) is 1. The van der Waals surface area contributed by atoms with Gasteiger partial charge in [0, 0.05) is 0 Å². The van der Waals surface area contributed by atoms with Crippen molar-refractivity contribution in [3.8, 4) is 0 Å². The van der Waals surface area contributed by atoms with E-state index in [9.17, 15) is 5.11 Å². The average molecular weight is 184 g/mol. The molecule has 1 aliphatic rings. The van der Waals surface area contributed by atoms with Crippen LogP contribution in [-0.4, -0.2) is 31.1 Å². The predicted molar refractivity (Wildman–Crippen MR) is 54.3 cm³/mol. The van der Waals surface area contributed by atoms with Gasteiger partial charge in [0.2, 0.25) is 0 Å². The molecule has 0 spiro atoms. The zero-order valence-corrected chi connectivity index (χ0v) is 8.63. The zero-order valence-electron chi connectivity index (χ0n) is 8.63. The first-order valence-electron chi connectivity index (χ1n) is 5.74. The van der Waals surface area contributed by atoms with E-state index in [4.69, 9.17) is 0 Å². The maximum atomic E-state index is 10.2. The van der Waals surface area contributed by atoms with Gasteiger partial charge in [0.05, 0.1) is 6.61 Å². The Bertz CT molecular complexity index is 111. The first kappa shape index (κ1) is 11.0. The van der Waals surface area contributed by atoms with E-state index in [0.29, 0.717) is 0 Å². The third-order valence-electron chi connectivity index (χ3n) is 2.82. The summed E-state index contributed by atoms with van der Waals surface area (Å²) in [5, 5.41) is 10.2. The summed E-state index contributed by atoms with van der Waals surface area (Å²) in [7, 11) is 0. The Morgan fingerprint density at radius 1 is 0.846 bits per heavy atom. The number of rotatable bonds is 6. The molecule has 2 nitrogen and oxygen atoms in total. The van der Waals surface area contributed by atoms with Crippen molar-refractivity contribution < 1.29 is 5.11 Å². The van der Waals surface area contributed by atoms with Gasteiger partial charge in [0.15, 0.2) is 0 Å². The SMILES string of the molecule is [O]CCCCCCN1CCCCC1. The van der Waals surface area contributed by atoms with E-state index in [-0.39, 0.29) is 6.61 Å². The number of hydrogen-bond acceptors (Lipinski definition) is 1. The molecule has 1 aliphatic heterocycles. The highest BCUT2D eigenvalue weighted by Crippen LogP contribution is 2.10. The Morgan fingerprint density at radius 2 is 1.54 bits per heavy atom. The lowest BCUT2D eigenvalue weighted by atomic mass is 10.1. The van der Waals surface area contributed by atoms with Gasteiger partial charge >= 0.3 is 0 Å². The number of nitrogens with zero attached hydrogens (tertiary/aromatic N) is 1. The van der Waals surface area contributed by atoms with Gasteiger partial charge in [-0.3, -0.25) is 0 Å². The van der Waals surface area contributed by atoms with Crippen LogP contribution in [0.25, 0.3) is 0 Å². The molecule has 1 rings (SSSR count). The average Bonchev–Trinajstić information content (AvgIpc) is 2.19. The molecular formula is C11H22NO. The van der Waals surface area contributed by atoms with Crippen LogP contribution in [0.15, 0.2) is 0 Å². The van der Waals surface area contributed by atoms with Gasteiger partial charge < -0.3 is 4.90 Å². The van der Waals surface area contributed by atoms with Crippen LogP contribution in [0, 0.1) is 0 Å². The van der Waals surface area contributed by atoms with Crippen molar-refractivity contribution in [2.75, 3.05) is 26.2 Å². The van der Waals surface area contributed by atoms with Crippen LogP contribution in [0.1, 0.15) is 44.9 Å². The summed E-state index contributed by atoms with van der Waals surface area (Å²) in [6.07, 6.45) is 8.75. The first-order valence-corrected chi connectivity index (χ1v) is 5.74. The second kappa shape index (κ2) is 7.34. The molecule has 1 saturated heterocycles. The molecular weight excluding hydrogens is 162 g/mol. The molecule has 0 aromatic carbocycles. The van der Waals surface area contributed by atoms with Crippen LogP contribution in [0.5, 0.6) is 0 Å². The summed E-state index contributed by atoms with van der Waals surface area (Å²) in [6, 6.07) is 0. The molecule has 0 saturated carbocycles. The van der Waals surface area contributed by atoms with Crippen LogP contribution in [0.2, 0.25) is 0 Å². The molecule has 0 N–H and O–H groups in total. The van der Waals surface area contributed by atoms with Crippen molar-refractivity contribution in [3.05, 3.63) is 0 Å². The van der Waals surface area contributed by atoms with Gasteiger partial charge in [-0.15, -0.1) is 0 Å². The van der Waals surface area contributed by atoms with Gasteiger partial charge in [0.1, 0.15) is 0 Å². The third-order valence-corrected chi connectivity index (χ3v) is 2.82. The molecule has 2 heteroatoms. The smallest absolute Gasteiger partial charge is 0.0822 e. The van der Waals surface area contributed by atoms with Crippen molar-refractivity contribution in [2.45, 2.75) is 44.9 Å². The standard InChI is InChI=1S/C11H22NO/c13-11-7-2-1-4-8-12-9-5-3-6-10-12/h1-11H2. The summed E-state index contributed by atoms with van der Waals surface area (Å²) in [5.74, 6) is 0. The maximum Gasteiger partial charge on any atom is 0.0822 e. The molecule has 0 atom stereocenters. The second-order valence-electron chi connectivity index (χ2n) is 4.02. The highest BCUT2D eigenvalue weighted by atomic mass is 16.2. The Labute approximate surface area is 81.9 Å². The van der Waals surface area contributed by atoms with Crippen LogP contribution >= 0.6 is 0 Å². The van der Waals surface area contributed by atoms with Crippen molar-refractivity contribution in [1.82, 2.24) is 4.90 Å². The minimum absolute atomic E-state index is 0.115. The first-order chi connectivity index (χ1) is 6.43. The molecule has 0 bridgehead atoms. The van der Waals surface area contributed by atoms with E-state index in [1.807, 2.05) is 0 Å². The summed E-state index contributed by atoms with van der Waals surface area (Å²) in [5.41, 5.74) is 0. The van der Waals surface area contributed by atoms with Crippen LogP contribution in [0.3, 0.4) is 0 Å². The van der Waals surface area contributed by atoms with Crippen molar-refractivity contribution in [1.29, 1.82) is 0 Å². The highest BCUT2D eigenvalue weighted by Gasteiger charge is 2.08. The highest BCUT2D eigenvalue weighted by molar-refractivity contribution is 4.64. The lowest BCUT2D eigenvalue weighted by molar-refractivity contribution is 0.183. The fraction of sp³-hybridized carbons (Fsp3) is 1.00. The minimum Gasteiger partial charge on any atom is -0.303 e.